The highest BCUT2D eigenvalue weighted by Gasteiger charge is 2.11. The van der Waals surface area contributed by atoms with E-state index in [0.29, 0.717) is 11.3 Å². The van der Waals surface area contributed by atoms with E-state index >= 15 is 0 Å². The zero-order valence-electron chi connectivity index (χ0n) is 16.2. The number of carbonyl (C=O) groups excluding carboxylic acids is 1. The van der Waals surface area contributed by atoms with Gasteiger partial charge in [-0.25, -0.2) is 4.79 Å². The second-order valence-corrected chi connectivity index (χ2v) is 6.76. The molecule has 2 heterocycles. The summed E-state index contributed by atoms with van der Waals surface area (Å²) in [7, 11) is 4.59. The Balaban J connectivity index is 0.000000169. The van der Waals surface area contributed by atoms with E-state index in [9.17, 15) is 4.79 Å². The number of esters is 1. The molecule has 29 heavy (non-hydrogen) atoms. The lowest BCUT2D eigenvalue weighted by atomic mass is 10.1. The van der Waals surface area contributed by atoms with Gasteiger partial charge in [-0.1, -0.05) is 15.9 Å². The van der Waals surface area contributed by atoms with Crippen molar-refractivity contribution in [2.75, 3.05) is 21.3 Å². The summed E-state index contributed by atoms with van der Waals surface area (Å²) >= 11 is 3.46. The summed E-state index contributed by atoms with van der Waals surface area (Å²) in [5.74, 6) is 1.16. The Morgan fingerprint density at radius 1 is 0.793 bits per heavy atom. The van der Waals surface area contributed by atoms with Gasteiger partial charge in [0.15, 0.2) is 0 Å². The minimum absolute atomic E-state index is 0.374. The first-order valence-electron chi connectivity index (χ1n) is 8.66. The molecular weight excluding hydrogens is 436 g/mol. The molecule has 0 aliphatic rings. The van der Waals surface area contributed by atoms with Gasteiger partial charge in [0.25, 0.3) is 0 Å². The molecule has 0 unspecified atom stereocenters. The van der Waals surface area contributed by atoms with Gasteiger partial charge < -0.3 is 14.2 Å². The number of pyridine rings is 2. The van der Waals surface area contributed by atoms with Crippen molar-refractivity contribution in [2.24, 2.45) is 0 Å². The maximum Gasteiger partial charge on any atom is 0.338 e. The Morgan fingerprint density at radius 3 is 1.93 bits per heavy atom. The van der Waals surface area contributed by atoms with Crippen LogP contribution in [0.15, 0.2) is 65.4 Å². The van der Waals surface area contributed by atoms with Crippen molar-refractivity contribution in [2.45, 2.75) is 0 Å². The third kappa shape index (κ3) is 4.63. The van der Waals surface area contributed by atoms with E-state index < -0.39 is 0 Å². The Bertz CT molecular complexity index is 1160. The van der Waals surface area contributed by atoms with Crippen molar-refractivity contribution in [3.63, 3.8) is 0 Å². The van der Waals surface area contributed by atoms with Crippen molar-refractivity contribution in [3.05, 3.63) is 71.0 Å². The van der Waals surface area contributed by atoms with Crippen LogP contribution in [0, 0.1) is 0 Å². The lowest BCUT2D eigenvalue weighted by molar-refractivity contribution is 0.0603. The molecule has 4 aromatic rings. The molecule has 7 heteroatoms. The second-order valence-electron chi connectivity index (χ2n) is 5.91. The van der Waals surface area contributed by atoms with E-state index in [4.69, 9.17) is 14.2 Å². The number of hydrogen-bond acceptors (Lipinski definition) is 6. The van der Waals surface area contributed by atoms with Crippen LogP contribution in [-0.2, 0) is 4.74 Å². The number of methoxy groups -OCH3 is 3. The Labute approximate surface area is 176 Å². The normalized spacial score (nSPS) is 10.2. The first-order valence-corrected chi connectivity index (χ1v) is 9.46. The second kappa shape index (κ2) is 9.34. The highest BCUT2D eigenvalue weighted by molar-refractivity contribution is 9.10. The fraction of sp³-hybridized carbons (Fsp3) is 0.136. The SMILES string of the molecule is COC(=O)c1ccnc2ccc(OC)cc12.COc1ccc2nccc(Br)c2c1. The number of rotatable bonds is 3. The number of benzene rings is 2. The molecular formula is C22H19BrN2O4. The topological polar surface area (TPSA) is 70.5 Å². The highest BCUT2D eigenvalue weighted by atomic mass is 79.9. The first kappa shape index (κ1) is 20.5. The molecule has 148 valence electrons. The quantitative estimate of drug-likeness (QED) is 0.404. The molecule has 4 rings (SSSR count). The minimum atomic E-state index is -0.374. The van der Waals surface area contributed by atoms with Crippen molar-refractivity contribution >= 4 is 43.7 Å². The number of ether oxygens (including phenoxy) is 3. The number of aromatic nitrogens is 2. The Hall–Kier alpha value is -3.19. The van der Waals surface area contributed by atoms with Gasteiger partial charge in [-0.3, -0.25) is 9.97 Å². The van der Waals surface area contributed by atoms with Crippen LogP contribution in [0.1, 0.15) is 10.4 Å². The zero-order chi connectivity index (χ0) is 20.8. The predicted molar refractivity (Wildman–Crippen MR) is 116 cm³/mol. The third-order valence-electron chi connectivity index (χ3n) is 4.25. The van der Waals surface area contributed by atoms with Crippen LogP contribution in [0.5, 0.6) is 11.5 Å². The minimum Gasteiger partial charge on any atom is -0.497 e. The maximum atomic E-state index is 11.5. The molecule has 2 aromatic heterocycles. The van der Waals surface area contributed by atoms with Crippen LogP contribution in [-0.4, -0.2) is 37.3 Å². The summed E-state index contributed by atoms with van der Waals surface area (Å²) in [5.41, 5.74) is 2.20. The molecule has 0 fully saturated rings. The Morgan fingerprint density at radius 2 is 1.34 bits per heavy atom. The number of halogens is 1. The van der Waals surface area contributed by atoms with E-state index in [1.807, 2.05) is 24.3 Å². The Kier molecular flexibility index (Phi) is 6.61. The van der Waals surface area contributed by atoms with Crippen LogP contribution >= 0.6 is 15.9 Å². The van der Waals surface area contributed by atoms with Crippen LogP contribution in [0.2, 0.25) is 0 Å². The van der Waals surface area contributed by atoms with Crippen molar-refractivity contribution in [3.8, 4) is 11.5 Å². The van der Waals surface area contributed by atoms with Crippen molar-refractivity contribution in [1.29, 1.82) is 0 Å². The first-order chi connectivity index (χ1) is 14.1. The van der Waals surface area contributed by atoms with E-state index in [1.54, 1.807) is 50.9 Å². The average molecular weight is 455 g/mol. The van der Waals surface area contributed by atoms with E-state index in [0.717, 1.165) is 32.0 Å². The molecule has 6 nitrogen and oxygen atoms in total. The average Bonchev–Trinajstić information content (AvgIpc) is 2.78. The molecule has 0 amide bonds. The van der Waals surface area contributed by atoms with Gasteiger partial charge >= 0.3 is 5.97 Å². The fourth-order valence-corrected chi connectivity index (χ4v) is 3.19. The van der Waals surface area contributed by atoms with Gasteiger partial charge in [-0.2, -0.15) is 0 Å². The number of fused-ring (bicyclic) bond motifs is 2. The van der Waals surface area contributed by atoms with Crippen molar-refractivity contribution in [1.82, 2.24) is 9.97 Å². The molecule has 0 spiro atoms. The largest absolute Gasteiger partial charge is 0.497 e. The molecule has 0 N–H and O–H groups in total. The summed E-state index contributed by atoms with van der Waals surface area (Å²) in [6.07, 6.45) is 3.36. The number of nitrogens with zero attached hydrogens (tertiary/aromatic N) is 2. The smallest absolute Gasteiger partial charge is 0.338 e. The molecule has 0 aliphatic carbocycles. The van der Waals surface area contributed by atoms with Gasteiger partial charge in [0.2, 0.25) is 0 Å². The highest BCUT2D eigenvalue weighted by Crippen LogP contribution is 2.25. The zero-order valence-corrected chi connectivity index (χ0v) is 17.8. The summed E-state index contributed by atoms with van der Waals surface area (Å²) in [6.45, 7) is 0. The van der Waals surface area contributed by atoms with Crippen LogP contribution in [0.3, 0.4) is 0 Å². The summed E-state index contributed by atoms with van der Waals surface area (Å²) in [6, 6.07) is 14.7. The van der Waals surface area contributed by atoms with E-state index in [-0.39, 0.29) is 5.97 Å². The number of hydrogen-bond donors (Lipinski definition) is 0. The fourth-order valence-electron chi connectivity index (χ4n) is 2.76. The molecule has 0 bridgehead atoms. The molecule has 0 radical (unpaired) electrons. The molecule has 2 aromatic carbocycles. The summed E-state index contributed by atoms with van der Waals surface area (Å²) in [4.78, 5) is 19.9. The number of carbonyl (C=O) groups is 1. The molecule has 0 saturated carbocycles. The third-order valence-corrected chi connectivity index (χ3v) is 4.94. The summed E-state index contributed by atoms with van der Waals surface area (Å²) < 4.78 is 16.0. The van der Waals surface area contributed by atoms with Crippen LogP contribution in [0.25, 0.3) is 21.8 Å². The van der Waals surface area contributed by atoms with E-state index in [2.05, 4.69) is 25.9 Å². The summed E-state index contributed by atoms with van der Waals surface area (Å²) in [5, 5.41) is 1.80. The van der Waals surface area contributed by atoms with Crippen LogP contribution < -0.4 is 9.47 Å². The maximum absolute atomic E-state index is 11.5. The molecule has 0 aliphatic heterocycles. The van der Waals surface area contributed by atoms with Gasteiger partial charge in [0, 0.05) is 27.6 Å². The molecule has 0 atom stereocenters. The van der Waals surface area contributed by atoms with Gasteiger partial charge in [-0.05, 0) is 48.5 Å². The van der Waals surface area contributed by atoms with Crippen molar-refractivity contribution < 1.29 is 19.0 Å². The lowest BCUT2D eigenvalue weighted by Crippen LogP contribution is -2.02. The van der Waals surface area contributed by atoms with Crippen LogP contribution in [0.4, 0.5) is 0 Å². The monoisotopic (exact) mass is 454 g/mol. The van der Waals surface area contributed by atoms with Gasteiger partial charge in [0.05, 0.1) is 37.9 Å². The van der Waals surface area contributed by atoms with Gasteiger partial charge in [-0.15, -0.1) is 0 Å². The standard InChI is InChI=1S/C12H11NO3.C10H8BrNO/c1-15-8-3-4-11-10(7-8)9(5-6-13-11)12(14)16-2;1-13-7-2-3-10-8(6-7)9(11)4-5-12-10/h3-7H,1-2H3;2-6H,1H3. The van der Waals surface area contributed by atoms with Gasteiger partial charge in [0.1, 0.15) is 11.5 Å². The predicted octanol–water partition coefficient (Wildman–Crippen LogP) is 5.04. The lowest BCUT2D eigenvalue weighted by Gasteiger charge is -2.05. The van der Waals surface area contributed by atoms with E-state index in [1.165, 1.54) is 7.11 Å². The molecule has 0 saturated heterocycles.